The maximum Gasteiger partial charge on any atom is 0.263 e. The number of nitrogens with zero attached hydrogens (tertiary/aromatic N) is 4. The average molecular weight is 289 g/mol. The summed E-state index contributed by atoms with van der Waals surface area (Å²) in [4.78, 5) is 10.9. The minimum Gasteiger partial charge on any atom is -0.369 e. The van der Waals surface area contributed by atoms with Crippen LogP contribution >= 0.6 is 0 Å². The van der Waals surface area contributed by atoms with Gasteiger partial charge in [-0.15, -0.1) is 0 Å². The largest absolute Gasteiger partial charge is 0.369 e. The molecule has 21 heavy (non-hydrogen) atoms. The number of hydrogen-bond donors (Lipinski definition) is 1. The van der Waals surface area contributed by atoms with Crippen molar-refractivity contribution in [2.75, 3.05) is 31.5 Å². The van der Waals surface area contributed by atoms with E-state index in [0.29, 0.717) is 5.71 Å². The molecule has 1 aliphatic rings. The first kappa shape index (κ1) is 14.3. The summed E-state index contributed by atoms with van der Waals surface area (Å²) in [6.45, 7) is 8.79. The SMILES string of the molecule is Cc1noc2ncnc(NCCCN3CCC(C)CC3)c12. The Kier molecular flexibility index (Phi) is 4.34. The Labute approximate surface area is 124 Å². The monoisotopic (exact) mass is 289 g/mol. The Morgan fingerprint density at radius 2 is 2.14 bits per heavy atom. The van der Waals surface area contributed by atoms with Crippen molar-refractivity contribution in [3.63, 3.8) is 0 Å². The van der Waals surface area contributed by atoms with E-state index in [2.05, 4.69) is 32.3 Å². The number of aryl methyl sites for hydroxylation is 1. The topological polar surface area (TPSA) is 67.1 Å². The van der Waals surface area contributed by atoms with Gasteiger partial charge in [0.1, 0.15) is 17.5 Å². The summed E-state index contributed by atoms with van der Waals surface area (Å²) in [5.74, 6) is 1.72. The van der Waals surface area contributed by atoms with Crippen molar-refractivity contribution < 1.29 is 4.52 Å². The van der Waals surface area contributed by atoms with Crippen molar-refractivity contribution in [1.29, 1.82) is 0 Å². The van der Waals surface area contributed by atoms with E-state index < -0.39 is 0 Å². The van der Waals surface area contributed by atoms with Crippen LogP contribution < -0.4 is 5.32 Å². The lowest BCUT2D eigenvalue weighted by molar-refractivity contribution is 0.192. The van der Waals surface area contributed by atoms with E-state index >= 15 is 0 Å². The van der Waals surface area contributed by atoms with Crippen LogP contribution in [0.3, 0.4) is 0 Å². The van der Waals surface area contributed by atoms with Crippen LogP contribution in [0.15, 0.2) is 10.9 Å². The maximum atomic E-state index is 5.15. The van der Waals surface area contributed by atoms with Gasteiger partial charge in [0.25, 0.3) is 5.71 Å². The van der Waals surface area contributed by atoms with Crippen LogP contribution in [-0.2, 0) is 0 Å². The van der Waals surface area contributed by atoms with Crippen molar-refractivity contribution in [3.05, 3.63) is 12.0 Å². The third-order valence-corrected chi connectivity index (χ3v) is 4.26. The molecule has 6 heteroatoms. The summed E-state index contributed by atoms with van der Waals surface area (Å²) in [6.07, 6.45) is 5.30. The predicted octanol–water partition coefficient (Wildman–Crippen LogP) is 2.46. The molecule has 1 saturated heterocycles. The van der Waals surface area contributed by atoms with E-state index in [1.165, 1.54) is 32.3 Å². The minimum atomic E-state index is 0.551. The first-order chi connectivity index (χ1) is 10.2. The van der Waals surface area contributed by atoms with Gasteiger partial charge in [0, 0.05) is 6.54 Å². The van der Waals surface area contributed by atoms with Gasteiger partial charge in [0.15, 0.2) is 0 Å². The highest BCUT2D eigenvalue weighted by Gasteiger charge is 2.15. The quantitative estimate of drug-likeness (QED) is 0.853. The van der Waals surface area contributed by atoms with Crippen LogP contribution in [0, 0.1) is 12.8 Å². The second kappa shape index (κ2) is 6.39. The molecule has 0 unspecified atom stereocenters. The summed E-state index contributed by atoms with van der Waals surface area (Å²) in [5.41, 5.74) is 1.38. The van der Waals surface area contributed by atoms with Gasteiger partial charge in [-0.3, -0.25) is 0 Å². The molecule has 1 N–H and O–H groups in total. The standard InChI is InChI=1S/C15H23N5O/c1-11-4-8-20(9-5-11)7-3-6-16-14-13-12(2)19-21-15(13)18-10-17-14/h10-11H,3-9H2,1-2H3,(H,16,17,18). The molecule has 1 aliphatic heterocycles. The fourth-order valence-corrected chi connectivity index (χ4v) is 2.85. The molecule has 0 spiro atoms. The van der Waals surface area contributed by atoms with Crippen molar-refractivity contribution in [2.45, 2.75) is 33.1 Å². The zero-order valence-corrected chi connectivity index (χ0v) is 12.8. The highest BCUT2D eigenvalue weighted by atomic mass is 16.5. The smallest absolute Gasteiger partial charge is 0.263 e. The predicted molar refractivity (Wildman–Crippen MR) is 82.3 cm³/mol. The van der Waals surface area contributed by atoms with Crippen LogP contribution in [0.25, 0.3) is 11.1 Å². The van der Waals surface area contributed by atoms with E-state index in [0.717, 1.165) is 42.3 Å². The van der Waals surface area contributed by atoms with E-state index in [1.54, 1.807) is 0 Å². The molecule has 2 aromatic rings. The van der Waals surface area contributed by atoms with Gasteiger partial charge in [-0.05, 0) is 51.7 Å². The van der Waals surface area contributed by atoms with Crippen molar-refractivity contribution in [3.8, 4) is 0 Å². The van der Waals surface area contributed by atoms with Gasteiger partial charge in [0.2, 0.25) is 0 Å². The highest BCUT2D eigenvalue weighted by Crippen LogP contribution is 2.22. The third-order valence-electron chi connectivity index (χ3n) is 4.26. The molecule has 0 amide bonds. The first-order valence-corrected chi connectivity index (χ1v) is 7.77. The molecular weight excluding hydrogens is 266 g/mol. The Balaban J connectivity index is 1.50. The molecule has 0 saturated carbocycles. The normalized spacial score (nSPS) is 17.4. The molecule has 0 radical (unpaired) electrons. The first-order valence-electron chi connectivity index (χ1n) is 7.77. The zero-order valence-electron chi connectivity index (χ0n) is 12.8. The van der Waals surface area contributed by atoms with Crippen molar-refractivity contribution >= 4 is 16.9 Å². The van der Waals surface area contributed by atoms with Crippen molar-refractivity contribution in [2.24, 2.45) is 5.92 Å². The molecule has 3 rings (SSSR count). The number of piperidine rings is 1. The van der Waals surface area contributed by atoms with Gasteiger partial charge < -0.3 is 14.7 Å². The molecule has 3 heterocycles. The Hall–Kier alpha value is -1.69. The second-order valence-corrected chi connectivity index (χ2v) is 5.97. The Morgan fingerprint density at radius 3 is 2.95 bits per heavy atom. The molecule has 0 aliphatic carbocycles. The summed E-state index contributed by atoms with van der Waals surface area (Å²) in [7, 11) is 0. The molecule has 0 aromatic carbocycles. The number of rotatable bonds is 5. The lowest BCUT2D eigenvalue weighted by atomic mass is 9.99. The highest BCUT2D eigenvalue weighted by molar-refractivity contribution is 5.87. The van der Waals surface area contributed by atoms with Crippen LogP contribution in [0.5, 0.6) is 0 Å². The fraction of sp³-hybridized carbons (Fsp3) is 0.667. The third kappa shape index (κ3) is 3.32. The lowest BCUT2D eigenvalue weighted by Crippen LogP contribution is -2.34. The van der Waals surface area contributed by atoms with E-state index in [9.17, 15) is 0 Å². The van der Waals surface area contributed by atoms with Gasteiger partial charge >= 0.3 is 0 Å². The summed E-state index contributed by atoms with van der Waals surface area (Å²) in [5, 5.41) is 8.22. The number of anilines is 1. The van der Waals surface area contributed by atoms with Crippen LogP contribution in [0.4, 0.5) is 5.82 Å². The minimum absolute atomic E-state index is 0.551. The summed E-state index contributed by atoms with van der Waals surface area (Å²) in [6, 6.07) is 0. The molecule has 0 atom stereocenters. The number of nitrogens with one attached hydrogen (secondary N) is 1. The Morgan fingerprint density at radius 1 is 1.33 bits per heavy atom. The van der Waals surface area contributed by atoms with E-state index in [-0.39, 0.29) is 0 Å². The number of hydrogen-bond acceptors (Lipinski definition) is 6. The summed E-state index contributed by atoms with van der Waals surface area (Å²) < 4.78 is 5.15. The van der Waals surface area contributed by atoms with Crippen LogP contribution in [-0.4, -0.2) is 46.2 Å². The molecule has 1 fully saturated rings. The Bertz CT molecular complexity index is 589. The zero-order chi connectivity index (χ0) is 14.7. The molecule has 6 nitrogen and oxygen atoms in total. The van der Waals surface area contributed by atoms with Gasteiger partial charge in [0.05, 0.1) is 5.69 Å². The summed E-state index contributed by atoms with van der Waals surface area (Å²) >= 11 is 0. The van der Waals surface area contributed by atoms with Crippen molar-refractivity contribution in [1.82, 2.24) is 20.0 Å². The van der Waals surface area contributed by atoms with Crippen LogP contribution in [0.2, 0.25) is 0 Å². The van der Waals surface area contributed by atoms with Gasteiger partial charge in [-0.2, -0.15) is 4.98 Å². The van der Waals surface area contributed by atoms with Gasteiger partial charge in [-0.1, -0.05) is 12.1 Å². The number of likely N-dealkylation sites (tertiary alicyclic amines) is 1. The van der Waals surface area contributed by atoms with Gasteiger partial charge in [-0.25, -0.2) is 4.98 Å². The molecule has 2 aromatic heterocycles. The van der Waals surface area contributed by atoms with E-state index in [4.69, 9.17) is 4.52 Å². The lowest BCUT2D eigenvalue weighted by Gasteiger charge is -2.30. The second-order valence-electron chi connectivity index (χ2n) is 5.97. The van der Waals surface area contributed by atoms with E-state index in [1.807, 2.05) is 6.92 Å². The average Bonchev–Trinajstić information content (AvgIpc) is 2.88. The molecule has 114 valence electrons. The maximum absolute atomic E-state index is 5.15. The number of aromatic nitrogens is 3. The molecular formula is C15H23N5O. The number of fused-ring (bicyclic) bond motifs is 1. The molecule has 0 bridgehead atoms. The van der Waals surface area contributed by atoms with Crippen LogP contribution in [0.1, 0.15) is 31.9 Å². The fourth-order valence-electron chi connectivity index (χ4n) is 2.85.